The number of anilines is 1. The molecule has 29 heavy (non-hydrogen) atoms. The monoisotopic (exact) mass is 388 g/mol. The number of pyridine rings is 1. The highest BCUT2D eigenvalue weighted by atomic mass is 16.5. The molecule has 4 rings (SSSR count). The van der Waals surface area contributed by atoms with E-state index in [4.69, 9.17) is 15.2 Å². The van der Waals surface area contributed by atoms with Gasteiger partial charge in [-0.25, -0.2) is 9.98 Å². The third kappa shape index (κ3) is 4.85. The maximum absolute atomic E-state index is 6.04. The fourth-order valence-corrected chi connectivity index (χ4v) is 3.36. The van der Waals surface area contributed by atoms with Crippen molar-refractivity contribution in [2.45, 2.75) is 25.8 Å². The molecule has 148 valence electrons. The van der Waals surface area contributed by atoms with Gasteiger partial charge in [-0.05, 0) is 60.2 Å². The lowest BCUT2D eigenvalue weighted by molar-refractivity contribution is 0.407. The fraction of sp³-hybridized carbons (Fsp3) is 0.217. The summed E-state index contributed by atoms with van der Waals surface area (Å²) in [5, 5.41) is 3.17. The molecule has 6 nitrogen and oxygen atoms in total. The minimum Gasteiger partial charge on any atom is -0.497 e. The number of nitrogens with zero attached hydrogens (tertiary/aromatic N) is 2. The topological polar surface area (TPSA) is 81.8 Å². The maximum atomic E-state index is 6.04. The Morgan fingerprint density at radius 2 is 1.93 bits per heavy atom. The first-order chi connectivity index (χ1) is 14.2. The first kappa shape index (κ1) is 18.8. The zero-order valence-electron chi connectivity index (χ0n) is 16.4. The third-order valence-electron chi connectivity index (χ3n) is 4.86. The normalized spacial score (nSPS) is 13.1. The predicted octanol–water partition coefficient (Wildman–Crippen LogP) is 4.30. The molecule has 1 heterocycles. The van der Waals surface area contributed by atoms with Gasteiger partial charge in [0.1, 0.15) is 11.5 Å². The summed E-state index contributed by atoms with van der Waals surface area (Å²) in [6.45, 7) is 0.441. The molecule has 0 spiro atoms. The molecule has 0 bridgehead atoms. The zero-order chi connectivity index (χ0) is 20.1. The molecule has 0 atom stereocenters. The van der Waals surface area contributed by atoms with Crippen molar-refractivity contribution in [3.8, 4) is 17.4 Å². The van der Waals surface area contributed by atoms with Crippen molar-refractivity contribution < 1.29 is 9.47 Å². The minimum absolute atomic E-state index is 0.389. The van der Waals surface area contributed by atoms with Crippen LogP contribution in [-0.2, 0) is 19.4 Å². The molecule has 1 aliphatic rings. The fourth-order valence-electron chi connectivity index (χ4n) is 3.36. The number of rotatable bonds is 6. The van der Waals surface area contributed by atoms with E-state index in [0.717, 1.165) is 23.4 Å². The van der Waals surface area contributed by atoms with Crippen LogP contribution in [0.5, 0.6) is 17.4 Å². The number of nitrogens with two attached hydrogens (primary N) is 1. The quantitative estimate of drug-likeness (QED) is 0.486. The lowest BCUT2D eigenvalue weighted by Gasteiger charge is -2.08. The molecule has 0 fully saturated rings. The van der Waals surface area contributed by atoms with Crippen LogP contribution >= 0.6 is 0 Å². The lowest BCUT2D eigenvalue weighted by atomic mass is 10.1. The van der Waals surface area contributed by atoms with Gasteiger partial charge in [0.25, 0.3) is 0 Å². The molecular formula is C23H24N4O2. The van der Waals surface area contributed by atoms with Gasteiger partial charge in [-0.2, -0.15) is 0 Å². The summed E-state index contributed by atoms with van der Waals surface area (Å²) < 4.78 is 11.0. The Balaban J connectivity index is 1.34. The van der Waals surface area contributed by atoms with Crippen LogP contribution < -0.4 is 20.5 Å². The van der Waals surface area contributed by atoms with Gasteiger partial charge in [0.05, 0.1) is 13.7 Å². The molecule has 1 aliphatic carbocycles. The van der Waals surface area contributed by atoms with Crippen LogP contribution in [0.3, 0.4) is 0 Å². The number of aliphatic imine (C=N–C) groups is 1. The van der Waals surface area contributed by atoms with Crippen LogP contribution in [0.2, 0.25) is 0 Å². The van der Waals surface area contributed by atoms with Crippen molar-refractivity contribution in [1.82, 2.24) is 4.98 Å². The largest absolute Gasteiger partial charge is 0.497 e. The highest BCUT2D eigenvalue weighted by Crippen LogP contribution is 2.25. The van der Waals surface area contributed by atoms with Crippen molar-refractivity contribution in [2.24, 2.45) is 10.7 Å². The van der Waals surface area contributed by atoms with E-state index in [2.05, 4.69) is 33.5 Å². The Hall–Kier alpha value is -3.54. The molecule has 2 aromatic carbocycles. The van der Waals surface area contributed by atoms with Gasteiger partial charge in [0.15, 0.2) is 5.96 Å². The van der Waals surface area contributed by atoms with E-state index in [1.54, 1.807) is 13.3 Å². The molecule has 0 saturated carbocycles. The van der Waals surface area contributed by atoms with Gasteiger partial charge < -0.3 is 20.5 Å². The molecule has 3 N–H and O–H groups in total. The summed E-state index contributed by atoms with van der Waals surface area (Å²) in [7, 11) is 1.62. The third-order valence-corrected chi connectivity index (χ3v) is 4.86. The minimum atomic E-state index is 0.389. The second-order valence-electron chi connectivity index (χ2n) is 6.95. The number of guanidine groups is 1. The van der Waals surface area contributed by atoms with E-state index in [1.807, 2.05) is 36.4 Å². The number of methoxy groups -OCH3 is 1. The van der Waals surface area contributed by atoms with Gasteiger partial charge in [-0.15, -0.1) is 0 Å². The lowest BCUT2D eigenvalue weighted by Crippen LogP contribution is -2.22. The summed E-state index contributed by atoms with van der Waals surface area (Å²) in [6, 6.07) is 17.5. The standard InChI is InChI=1S/C23H24N4O2/c1-28-20-6-3-7-21(13-20)29-22-11-8-16(14-25-22)15-26-23(24)27-19-10-9-17-4-2-5-18(17)12-19/h3,6-14H,2,4-5,15H2,1H3,(H3,24,26,27). The van der Waals surface area contributed by atoms with Crippen LogP contribution in [0.1, 0.15) is 23.1 Å². The number of hydrogen-bond acceptors (Lipinski definition) is 4. The SMILES string of the molecule is COc1cccc(Oc2ccc(CN=C(N)Nc3ccc4c(c3)CCC4)cn2)c1. The number of fused-ring (bicyclic) bond motifs is 1. The average molecular weight is 388 g/mol. The summed E-state index contributed by atoms with van der Waals surface area (Å²) in [5.74, 6) is 2.31. The van der Waals surface area contributed by atoms with E-state index in [1.165, 1.54) is 24.0 Å². The molecular weight excluding hydrogens is 364 g/mol. The summed E-state index contributed by atoms with van der Waals surface area (Å²) >= 11 is 0. The summed E-state index contributed by atoms with van der Waals surface area (Å²) in [4.78, 5) is 8.74. The Bertz CT molecular complexity index is 1020. The van der Waals surface area contributed by atoms with E-state index in [0.29, 0.717) is 24.1 Å². The highest BCUT2D eigenvalue weighted by Gasteiger charge is 2.10. The Kier molecular flexibility index (Phi) is 5.61. The van der Waals surface area contributed by atoms with Crippen LogP contribution in [0.4, 0.5) is 5.69 Å². The molecule has 0 saturated heterocycles. The molecule has 0 radical (unpaired) electrons. The van der Waals surface area contributed by atoms with Crippen LogP contribution in [0.15, 0.2) is 65.8 Å². The molecule has 1 aromatic heterocycles. The summed E-state index contributed by atoms with van der Waals surface area (Å²) in [5.41, 5.74) is 10.8. The Labute approximate surface area is 170 Å². The number of nitrogens with one attached hydrogen (secondary N) is 1. The van der Waals surface area contributed by atoms with Crippen molar-refractivity contribution in [2.75, 3.05) is 12.4 Å². The number of benzene rings is 2. The average Bonchev–Trinajstić information content (AvgIpc) is 3.21. The first-order valence-corrected chi connectivity index (χ1v) is 9.65. The van der Waals surface area contributed by atoms with Gasteiger partial charge in [-0.3, -0.25) is 0 Å². The zero-order valence-corrected chi connectivity index (χ0v) is 16.4. The summed E-state index contributed by atoms with van der Waals surface area (Å²) in [6.07, 6.45) is 5.27. The van der Waals surface area contributed by atoms with Crippen molar-refractivity contribution >= 4 is 11.6 Å². The van der Waals surface area contributed by atoms with Crippen LogP contribution in [0, 0.1) is 0 Å². The van der Waals surface area contributed by atoms with Crippen LogP contribution in [0.25, 0.3) is 0 Å². The second kappa shape index (κ2) is 8.65. The van der Waals surface area contributed by atoms with E-state index in [-0.39, 0.29) is 0 Å². The molecule has 6 heteroatoms. The number of aromatic nitrogens is 1. The second-order valence-corrected chi connectivity index (χ2v) is 6.95. The van der Waals surface area contributed by atoms with Crippen LogP contribution in [-0.4, -0.2) is 18.1 Å². The van der Waals surface area contributed by atoms with Crippen molar-refractivity contribution in [1.29, 1.82) is 0 Å². The van der Waals surface area contributed by atoms with Crippen molar-refractivity contribution in [3.05, 3.63) is 77.5 Å². The maximum Gasteiger partial charge on any atom is 0.219 e. The number of aryl methyl sites for hydroxylation is 2. The van der Waals surface area contributed by atoms with Gasteiger partial charge >= 0.3 is 0 Å². The van der Waals surface area contributed by atoms with Gasteiger partial charge in [-0.1, -0.05) is 18.2 Å². The highest BCUT2D eigenvalue weighted by molar-refractivity contribution is 5.92. The van der Waals surface area contributed by atoms with E-state index >= 15 is 0 Å². The van der Waals surface area contributed by atoms with Crippen molar-refractivity contribution in [3.63, 3.8) is 0 Å². The molecule has 0 amide bonds. The predicted molar refractivity (Wildman–Crippen MR) is 115 cm³/mol. The number of ether oxygens (including phenoxy) is 2. The van der Waals surface area contributed by atoms with E-state index in [9.17, 15) is 0 Å². The van der Waals surface area contributed by atoms with Gasteiger partial charge in [0, 0.05) is 24.0 Å². The Morgan fingerprint density at radius 1 is 1.07 bits per heavy atom. The molecule has 0 aliphatic heterocycles. The number of hydrogen-bond donors (Lipinski definition) is 2. The van der Waals surface area contributed by atoms with Gasteiger partial charge in [0.2, 0.25) is 5.88 Å². The Morgan fingerprint density at radius 3 is 2.76 bits per heavy atom. The molecule has 3 aromatic rings. The first-order valence-electron chi connectivity index (χ1n) is 9.65. The van der Waals surface area contributed by atoms with E-state index < -0.39 is 0 Å². The molecule has 0 unspecified atom stereocenters. The smallest absolute Gasteiger partial charge is 0.219 e.